The van der Waals surface area contributed by atoms with E-state index in [4.69, 9.17) is 28.4 Å². The van der Waals surface area contributed by atoms with Gasteiger partial charge in [-0.3, -0.25) is 0 Å². The van der Waals surface area contributed by atoms with E-state index in [0.717, 1.165) is 11.1 Å². The van der Waals surface area contributed by atoms with E-state index in [9.17, 15) is 19.8 Å². The van der Waals surface area contributed by atoms with Gasteiger partial charge in [0.15, 0.2) is 0 Å². The summed E-state index contributed by atoms with van der Waals surface area (Å²) in [7, 11) is 0. The van der Waals surface area contributed by atoms with E-state index < -0.39 is 24.1 Å². The van der Waals surface area contributed by atoms with Crippen LogP contribution < -0.4 is 9.47 Å². The normalized spacial score (nSPS) is 13.2. The van der Waals surface area contributed by atoms with Gasteiger partial charge in [-0.1, -0.05) is 50.3 Å². The van der Waals surface area contributed by atoms with E-state index >= 15 is 0 Å². The van der Waals surface area contributed by atoms with Crippen LogP contribution in [0.5, 0.6) is 11.5 Å². The minimum atomic E-state index is -0.823. The zero-order chi connectivity index (χ0) is 31.5. The van der Waals surface area contributed by atoms with Crippen molar-refractivity contribution in [2.45, 2.75) is 45.3 Å². The summed E-state index contributed by atoms with van der Waals surface area (Å²) in [6.07, 6.45) is 4.20. The van der Waals surface area contributed by atoms with Gasteiger partial charge in [0.2, 0.25) is 0 Å². The van der Waals surface area contributed by atoms with E-state index in [1.54, 1.807) is 26.0 Å². The van der Waals surface area contributed by atoms with Gasteiger partial charge in [0.1, 0.15) is 50.1 Å². The first-order chi connectivity index (χ1) is 20.6. The highest BCUT2D eigenvalue weighted by molar-refractivity contribution is 5.82. The molecule has 0 radical (unpaired) electrons. The molecule has 0 spiro atoms. The van der Waals surface area contributed by atoms with Crippen molar-refractivity contribution >= 4 is 11.9 Å². The number of carbonyl (C=O) groups excluding carboxylic acids is 2. The van der Waals surface area contributed by atoms with Gasteiger partial charge in [-0.25, -0.2) is 9.59 Å². The Bertz CT molecular complexity index is 1050. The van der Waals surface area contributed by atoms with Crippen LogP contribution in [0.2, 0.25) is 0 Å². The highest BCUT2D eigenvalue weighted by Crippen LogP contribution is 2.33. The molecule has 0 aliphatic carbocycles. The molecule has 43 heavy (non-hydrogen) atoms. The molecular weight excluding hydrogens is 556 g/mol. The lowest BCUT2D eigenvalue weighted by Crippen LogP contribution is -2.25. The quantitative estimate of drug-likeness (QED) is 0.132. The van der Waals surface area contributed by atoms with Crippen LogP contribution in [-0.4, -0.2) is 87.2 Å². The molecule has 0 heterocycles. The molecule has 2 aromatic rings. The Hall–Kier alpha value is -3.70. The van der Waals surface area contributed by atoms with Crippen LogP contribution in [0, 0.1) is 0 Å². The second kappa shape index (κ2) is 19.5. The second-order valence-corrected chi connectivity index (χ2v) is 10.1. The predicted molar refractivity (Wildman–Crippen MR) is 161 cm³/mol. The van der Waals surface area contributed by atoms with E-state index in [0.29, 0.717) is 11.5 Å². The number of ether oxygens (including phenoxy) is 6. The maximum atomic E-state index is 11.2. The van der Waals surface area contributed by atoms with Gasteiger partial charge in [0, 0.05) is 17.6 Å². The number of aliphatic hydroxyl groups excluding tert-OH is 2. The van der Waals surface area contributed by atoms with Gasteiger partial charge in [-0.05, 0) is 49.2 Å². The van der Waals surface area contributed by atoms with E-state index in [1.807, 2.05) is 48.5 Å². The van der Waals surface area contributed by atoms with Gasteiger partial charge in [-0.2, -0.15) is 0 Å². The number of hydrogen-bond acceptors (Lipinski definition) is 10. The number of carbonyl (C=O) groups is 2. The fraction of sp³-hybridized carbons (Fsp3) is 0.455. The average Bonchev–Trinajstić information content (AvgIpc) is 2.99. The van der Waals surface area contributed by atoms with Crippen LogP contribution in [0.3, 0.4) is 0 Å². The van der Waals surface area contributed by atoms with Crippen molar-refractivity contribution in [3.8, 4) is 11.5 Å². The predicted octanol–water partition coefficient (Wildman–Crippen LogP) is 3.76. The summed E-state index contributed by atoms with van der Waals surface area (Å²) in [4.78, 5) is 22.5. The molecule has 10 nitrogen and oxygen atoms in total. The Balaban J connectivity index is 1.73. The highest BCUT2D eigenvalue weighted by atomic mass is 16.6. The number of allylic oxidation sites excluding steroid dienone is 2. The van der Waals surface area contributed by atoms with E-state index in [1.165, 1.54) is 12.2 Å². The summed E-state index contributed by atoms with van der Waals surface area (Å²) in [6.45, 7) is 8.55. The van der Waals surface area contributed by atoms with Gasteiger partial charge in [0.05, 0.1) is 26.4 Å². The van der Waals surface area contributed by atoms with Crippen molar-refractivity contribution < 1.29 is 48.2 Å². The maximum absolute atomic E-state index is 11.2. The summed E-state index contributed by atoms with van der Waals surface area (Å²) in [5.41, 5.74) is 1.85. The molecule has 236 valence electrons. The maximum Gasteiger partial charge on any atom is 0.330 e. The first-order valence-electron chi connectivity index (χ1n) is 14.2. The first-order valence-corrected chi connectivity index (χ1v) is 14.2. The Morgan fingerprint density at radius 2 is 1.02 bits per heavy atom. The number of esters is 2. The van der Waals surface area contributed by atoms with Crippen molar-refractivity contribution in [2.24, 2.45) is 0 Å². The third-order valence-corrected chi connectivity index (χ3v) is 6.21. The monoisotopic (exact) mass is 600 g/mol. The molecule has 0 aliphatic heterocycles. The lowest BCUT2D eigenvalue weighted by Gasteiger charge is -2.26. The molecular formula is C33H44O10. The van der Waals surface area contributed by atoms with Crippen molar-refractivity contribution in [2.75, 3.05) is 52.9 Å². The number of hydrogen-bond donors (Lipinski definition) is 2. The molecule has 0 saturated carbocycles. The summed E-state index contributed by atoms with van der Waals surface area (Å²) >= 11 is 0. The van der Waals surface area contributed by atoms with Gasteiger partial charge < -0.3 is 38.6 Å². The van der Waals surface area contributed by atoms with Crippen molar-refractivity contribution in [1.82, 2.24) is 0 Å². The molecule has 2 N–H and O–H groups in total. The van der Waals surface area contributed by atoms with E-state index in [2.05, 4.69) is 13.8 Å². The molecule has 0 aromatic heterocycles. The minimum Gasteiger partial charge on any atom is -0.491 e. The Labute approximate surface area is 253 Å². The average molecular weight is 601 g/mol. The zero-order valence-electron chi connectivity index (χ0n) is 25.4. The molecule has 10 heteroatoms. The topological polar surface area (TPSA) is 130 Å². The van der Waals surface area contributed by atoms with Crippen molar-refractivity contribution in [3.63, 3.8) is 0 Å². The SMILES string of the molecule is CC=CC(=O)OCCOCC(O)COc1ccc(C(C)(C)c2ccc(OCC(O)COCCOC(=O)C=CC)cc2)cc1. The third-order valence-electron chi connectivity index (χ3n) is 6.21. The van der Waals surface area contributed by atoms with Crippen molar-refractivity contribution in [1.29, 1.82) is 0 Å². The highest BCUT2D eigenvalue weighted by Gasteiger charge is 2.23. The Morgan fingerprint density at radius 1 is 0.651 bits per heavy atom. The summed E-state index contributed by atoms with van der Waals surface area (Å²) in [5.74, 6) is 0.392. The van der Waals surface area contributed by atoms with Gasteiger partial charge in [-0.15, -0.1) is 0 Å². The van der Waals surface area contributed by atoms with Gasteiger partial charge in [0.25, 0.3) is 0 Å². The van der Waals surface area contributed by atoms with Crippen LogP contribution in [0.4, 0.5) is 0 Å². The lowest BCUT2D eigenvalue weighted by molar-refractivity contribution is -0.140. The van der Waals surface area contributed by atoms with Crippen molar-refractivity contribution in [3.05, 3.63) is 84.0 Å². The third kappa shape index (κ3) is 13.9. The first kappa shape index (κ1) is 35.5. The molecule has 0 aliphatic rings. The summed E-state index contributed by atoms with van der Waals surface area (Å²) < 4.78 is 31.9. The molecule has 0 fully saturated rings. The summed E-state index contributed by atoms with van der Waals surface area (Å²) in [6, 6.07) is 15.4. The van der Waals surface area contributed by atoms with Crippen LogP contribution >= 0.6 is 0 Å². The molecule has 0 saturated heterocycles. The molecule has 2 atom stereocenters. The van der Waals surface area contributed by atoms with Gasteiger partial charge >= 0.3 is 11.9 Å². The van der Waals surface area contributed by atoms with E-state index in [-0.39, 0.29) is 58.3 Å². The van der Waals surface area contributed by atoms with Crippen LogP contribution in [0.1, 0.15) is 38.8 Å². The number of rotatable bonds is 20. The molecule has 0 bridgehead atoms. The minimum absolute atomic E-state index is 0.0642. The van der Waals surface area contributed by atoms with Crippen LogP contribution in [-0.2, 0) is 34.0 Å². The fourth-order valence-corrected chi connectivity index (χ4v) is 3.79. The summed E-state index contributed by atoms with van der Waals surface area (Å²) in [5, 5.41) is 20.2. The molecule has 2 aromatic carbocycles. The Morgan fingerprint density at radius 3 is 1.37 bits per heavy atom. The Kier molecular flexibility index (Phi) is 16.1. The number of benzene rings is 2. The molecule has 2 rings (SSSR count). The molecule has 0 amide bonds. The van der Waals surface area contributed by atoms with Crippen LogP contribution in [0.15, 0.2) is 72.8 Å². The molecule has 2 unspecified atom stereocenters. The lowest BCUT2D eigenvalue weighted by atomic mass is 9.78. The smallest absolute Gasteiger partial charge is 0.330 e. The standard InChI is InChI=1S/C33H44O10/c1-5-7-31(36)40-19-17-38-21-27(34)23-42-29-13-9-25(10-14-29)33(3,4)26-11-15-30(16-12-26)43-24-28(35)22-39-18-20-41-32(37)8-6-2/h5-16,27-28,34-35H,17-24H2,1-4H3. The van der Waals surface area contributed by atoms with Crippen LogP contribution in [0.25, 0.3) is 0 Å². The second-order valence-electron chi connectivity index (χ2n) is 10.1. The largest absolute Gasteiger partial charge is 0.491 e. The zero-order valence-corrected chi connectivity index (χ0v) is 25.4. The number of aliphatic hydroxyl groups is 2. The fourth-order valence-electron chi connectivity index (χ4n) is 3.79.